The Labute approximate surface area is 66.6 Å². The summed E-state index contributed by atoms with van der Waals surface area (Å²) in [5.74, 6) is -0.439. The van der Waals surface area contributed by atoms with Crippen LogP contribution < -0.4 is 10.3 Å². The molecule has 1 aromatic rings. The second-order valence-electron chi connectivity index (χ2n) is 2.26. The van der Waals surface area contributed by atoms with Crippen LogP contribution in [-0.2, 0) is 0 Å². The van der Waals surface area contributed by atoms with Gasteiger partial charge in [0.15, 0.2) is 0 Å². The average molecular weight is 171 g/mol. The van der Waals surface area contributed by atoms with Gasteiger partial charge in [-0.3, -0.25) is 15.8 Å². The lowest BCUT2D eigenvalue weighted by atomic mass is 10.4. The van der Waals surface area contributed by atoms with E-state index in [1.165, 1.54) is 13.0 Å². The molecule has 0 unspecified atom stereocenters. The lowest BCUT2D eigenvalue weighted by Crippen LogP contribution is -2.26. The number of rotatable bonds is 1. The van der Waals surface area contributed by atoms with Crippen LogP contribution in [0.4, 0.5) is 11.5 Å². The molecule has 0 saturated carbocycles. The molecular weight excluding hydrogens is 164 g/mol. The fraction of sp³-hybridized carbons (Fsp3) is 0.200. The van der Waals surface area contributed by atoms with Crippen LogP contribution in [0.5, 0.6) is 0 Å². The number of nitrogens with zero attached hydrogens (tertiary/aromatic N) is 2. The molecule has 7 nitrogen and oxygen atoms in total. The van der Waals surface area contributed by atoms with E-state index < -0.39 is 10.7 Å². The maximum absolute atomic E-state index is 10.8. The predicted molar refractivity (Wildman–Crippen MR) is 40.0 cm³/mol. The number of nitro groups is 1. The summed E-state index contributed by atoms with van der Waals surface area (Å²) in [4.78, 5) is 20.4. The molecule has 0 aliphatic carbocycles. The summed E-state index contributed by atoms with van der Waals surface area (Å²) in [5, 5.41) is 12.6. The van der Waals surface area contributed by atoms with Crippen molar-refractivity contribution in [2.45, 2.75) is 6.92 Å². The van der Waals surface area contributed by atoms with Crippen molar-refractivity contribution in [1.82, 2.24) is 5.10 Å². The van der Waals surface area contributed by atoms with Crippen LogP contribution in [0, 0.1) is 21.9 Å². The lowest BCUT2D eigenvalue weighted by molar-refractivity contribution is -0.555. The Kier molecular flexibility index (Phi) is 1.78. The minimum Gasteiger partial charge on any atom is -0.276 e. The maximum atomic E-state index is 10.8. The van der Waals surface area contributed by atoms with Gasteiger partial charge in [0.05, 0.1) is 15.2 Å². The van der Waals surface area contributed by atoms with E-state index in [0.717, 1.165) is 0 Å². The number of nitrogens with one attached hydrogen (secondary N) is 1. The minimum atomic E-state index is -0.704. The first kappa shape index (κ1) is 8.18. The molecule has 1 heterocycles. The van der Waals surface area contributed by atoms with Crippen molar-refractivity contribution >= 4 is 11.5 Å². The number of aromatic nitrogens is 2. The van der Waals surface area contributed by atoms with Crippen LogP contribution >= 0.6 is 0 Å². The van der Waals surface area contributed by atoms with Crippen LogP contribution in [0.25, 0.3) is 0 Å². The van der Waals surface area contributed by atoms with Crippen molar-refractivity contribution in [2.24, 2.45) is 0 Å². The van der Waals surface area contributed by atoms with Gasteiger partial charge in [0.1, 0.15) is 0 Å². The third-order valence-corrected chi connectivity index (χ3v) is 1.31. The zero-order chi connectivity index (χ0) is 9.30. The molecular formula is C5H7N4O3+. The molecule has 0 amide bonds. The molecule has 12 heavy (non-hydrogen) atoms. The van der Waals surface area contributed by atoms with E-state index in [2.05, 4.69) is 5.10 Å². The number of aromatic amines is 1. The first-order valence-corrected chi connectivity index (χ1v) is 3.08. The molecule has 7 heteroatoms. The van der Waals surface area contributed by atoms with E-state index in [0.29, 0.717) is 5.69 Å². The molecule has 1 rings (SSSR count). The van der Waals surface area contributed by atoms with Crippen molar-refractivity contribution in [3.05, 3.63) is 26.8 Å². The van der Waals surface area contributed by atoms with Crippen molar-refractivity contribution in [1.29, 1.82) is 0 Å². The smallest absolute Gasteiger partial charge is 0.276 e. The van der Waals surface area contributed by atoms with Gasteiger partial charge in [-0.1, -0.05) is 0 Å². The van der Waals surface area contributed by atoms with E-state index in [1.807, 2.05) is 0 Å². The summed E-state index contributed by atoms with van der Waals surface area (Å²) in [6, 6.07) is 1.20. The second-order valence-corrected chi connectivity index (χ2v) is 2.26. The van der Waals surface area contributed by atoms with E-state index in [-0.39, 0.29) is 10.2 Å². The van der Waals surface area contributed by atoms with Crippen LogP contribution in [-0.4, -0.2) is 10.0 Å². The first-order chi connectivity index (χ1) is 5.52. The number of H-pyrrole nitrogens is 1. The molecule has 0 saturated heterocycles. The van der Waals surface area contributed by atoms with Gasteiger partial charge in [0, 0.05) is 6.07 Å². The highest BCUT2D eigenvalue weighted by atomic mass is 16.6. The van der Waals surface area contributed by atoms with E-state index >= 15 is 0 Å². The molecule has 0 radical (unpaired) electrons. The Morgan fingerprint density at radius 1 is 1.75 bits per heavy atom. The summed E-state index contributed by atoms with van der Waals surface area (Å²) in [5.41, 5.74) is 5.12. The third-order valence-electron chi connectivity index (χ3n) is 1.31. The summed E-state index contributed by atoms with van der Waals surface area (Å²) < 4.78 is 0.160. The second kappa shape index (κ2) is 2.61. The normalized spacial score (nSPS) is 9.75. The third kappa shape index (κ3) is 1.24. The molecule has 1 aromatic heterocycles. The highest BCUT2D eigenvalue weighted by molar-refractivity contribution is 5.47. The molecule has 0 fully saturated rings. The summed E-state index contributed by atoms with van der Waals surface area (Å²) in [7, 11) is 0. The fourth-order valence-corrected chi connectivity index (χ4v) is 0.782. The van der Waals surface area contributed by atoms with Crippen LogP contribution in [0.1, 0.15) is 5.69 Å². The number of nitrogen functional groups attached to an aromatic ring is 1. The van der Waals surface area contributed by atoms with E-state index in [4.69, 9.17) is 5.73 Å². The lowest BCUT2D eigenvalue weighted by Gasteiger charge is -1.91. The van der Waals surface area contributed by atoms with Gasteiger partial charge in [-0.2, -0.15) is 5.10 Å². The topological polar surface area (TPSA) is 108 Å². The van der Waals surface area contributed by atoms with Gasteiger partial charge in [-0.25, -0.2) is 0 Å². The molecule has 0 aliphatic heterocycles. The van der Waals surface area contributed by atoms with E-state index in [1.54, 1.807) is 0 Å². The Bertz CT molecular complexity index is 383. The Hall–Kier alpha value is -1.92. The van der Waals surface area contributed by atoms with Gasteiger partial charge in [-0.15, -0.1) is 0 Å². The average Bonchev–Trinajstić information content (AvgIpc) is 1.96. The highest BCUT2D eigenvalue weighted by Crippen LogP contribution is 2.14. The number of hydrogen-bond donors (Lipinski definition) is 2. The number of nitrogens with two attached hydrogens (primary N) is 1. The molecule has 3 N–H and O–H groups in total. The Morgan fingerprint density at radius 2 is 2.33 bits per heavy atom. The van der Waals surface area contributed by atoms with Gasteiger partial charge in [0.25, 0.3) is 0 Å². The van der Waals surface area contributed by atoms with Gasteiger partial charge < -0.3 is 0 Å². The predicted octanol–water partition coefficient (Wildman–Crippen LogP) is -0.272. The van der Waals surface area contributed by atoms with Crippen molar-refractivity contribution < 1.29 is 9.47 Å². The first-order valence-electron chi connectivity index (χ1n) is 3.08. The van der Waals surface area contributed by atoms with Gasteiger partial charge >= 0.3 is 11.5 Å². The molecule has 0 aromatic carbocycles. The molecule has 0 atom stereocenters. The van der Waals surface area contributed by atoms with Gasteiger partial charge in [-0.05, 0) is 11.8 Å². The quantitative estimate of drug-likeness (QED) is 0.344. The summed E-state index contributed by atoms with van der Waals surface area (Å²) >= 11 is 0. The van der Waals surface area contributed by atoms with Crippen molar-refractivity contribution in [3.63, 3.8) is 0 Å². The zero-order valence-electron chi connectivity index (χ0n) is 6.27. The molecule has 0 bridgehead atoms. The minimum absolute atomic E-state index is 0.160. The summed E-state index contributed by atoms with van der Waals surface area (Å²) in [6.07, 6.45) is 0. The SMILES string of the molecule is Cc1cc([N+](=O)[O-])c(N)[n+](=O)[nH]1. The number of hydrogen-bond acceptors (Lipinski definition) is 4. The van der Waals surface area contributed by atoms with Crippen LogP contribution in [0.2, 0.25) is 0 Å². The largest absolute Gasteiger partial charge is 0.417 e. The van der Waals surface area contributed by atoms with E-state index in [9.17, 15) is 15.0 Å². The van der Waals surface area contributed by atoms with Crippen LogP contribution in [0.15, 0.2) is 6.07 Å². The zero-order valence-corrected chi connectivity index (χ0v) is 6.27. The highest BCUT2D eigenvalue weighted by Gasteiger charge is 2.21. The number of aryl methyl sites for hydroxylation is 1. The monoisotopic (exact) mass is 171 g/mol. The van der Waals surface area contributed by atoms with Crippen LogP contribution in [0.3, 0.4) is 0 Å². The Balaban J connectivity index is 3.48. The fourth-order valence-electron chi connectivity index (χ4n) is 0.782. The number of anilines is 1. The van der Waals surface area contributed by atoms with Crippen molar-refractivity contribution in [3.8, 4) is 0 Å². The van der Waals surface area contributed by atoms with Crippen molar-refractivity contribution in [2.75, 3.05) is 5.73 Å². The van der Waals surface area contributed by atoms with Gasteiger partial charge in [0.2, 0.25) is 0 Å². The molecule has 0 spiro atoms. The Morgan fingerprint density at radius 3 is 2.83 bits per heavy atom. The molecule has 64 valence electrons. The standard InChI is InChI=1S/C5H7N4O3/c1-3-2-4(9(11)12)5(6)8(10)7-3/h2H,6H2,1H3,(H,7,10)/q+1. The summed E-state index contributed by atoms with van der Waals surface area (Å²) in [6.45, 7) is 1.53. The maximum Gasteiger partial charge on any atom is 0.417 e. The molecule has 0 aliphatic rings.